The predicted molar refractivity (Wildman–Crippen MR) is 66.1 cm³/mol. The average molecular weight is 233 g/mol. The van der Waals surface area contributed by atoms with Gasteiger partial charge >= 0.3 is 0 Å². The minimum atomic E-state index is 0.570. The minimum absolute atomic E-state index is 0.570. The summed E-state index contributed by atoms with van der Waals surface area (Å²) in [5.74, 6) is 3.68. The molecule has 0 bridgehead atoms. The van der Waals surface area contributed by atoms with Crippen molar-refractivity contribution >= 4 is 0 Å². The van der Waals surface area contributed by atoms with Crippen LogP contribution < -0.4 is 5.32 Å². The first-order valence-corrected chi connectivity index (χ1v) is 6.01. The zero-order valence-corrected chi connectivity index (χ0v) is 10.3. The number of nitrogens with one attached hydrogen (secondary N) is 1. The van der Waals surface area contributed by atoms with Crippen molar-refractivity contribution < 1.29 is 0 Å². The van der Waals surface area contributed by atoms with Crippen molar-refractivity contribution in [1.29, 1.82) is 0 Å². The van der Waals surface area contributed by atoms with E-state index in [1.807, 2.05) is 11.6 Å². The van der Waals surface area contributed by atoms with Gasteiger partial charge in [-0.25, -0.2) is 0 Å². The number of aromatic nitrogens is 3. The van der Waals surface area contributed by atoms with E-state index in [4.69, 9.17) is 6.42 Å². The highest BCUT2D eigenvalue weighted by Crippen LogP contribution is 2.10. The second kappa shape index (κ2) is 5.80. The Balaban J connectivity index is 1.72. The van der Waals surface area contributed by atoms with E-state index in [2.05, 4.69) is 26.3 Å². The highest BCUT2D eigenvalue weighted by molar-refractivity contribution is 4.91. The van der Waals surface area contributed by atoms with Crippen LogP contribution in [0, 0.1) is 12.3 Å². The molecule has 0 amide bonds. The van der Waals surface area contributed by atoms with E-state index in [0.29, 0.717) is 6.04 Å². The molecule has 0 spiro atoms. The molecule has 2 heterocycles. The van der Waals surface area contributed by atoms with Crippen molar-refractivity contribution in [2.45, 2.75) is 25.4 Å². The van der Waals surface area contributed by atoms with Crippen LogP contribution in [0.3, 0.4) is 0 Å². The van der Waals surface area contributed by atoms with Crippen molar-refractivity contribution in [2.75, 3.05) is 19.6 Å². The van der Waals surface area contributed by atoms with Crippen molar-refractivity contribution in [1.82, 2.24) is 25.0 Å². The van der Waals surface area contributed by atoms with Crippen molar-refractivity contribution in [3.8, 4) is 12.3 Å². The van der Waals surface area contributed by atoms with E-state index in [9.17, 15) is 0 Å². The van der Waals surface area contributed by atoms with E-state index in [1.54, 1.807) is 6.33 Å². The summed E-state index contributed by atoms with van der Waals surface area (Å²) >= 11 is 0. The Morgan fingerprint density at radius 3 is 2.88 bits per heavy atom. The third kappa shape index (κ3) is 3.29. The molecule has 0 aromatic carbocycles. The van der Waals surface area contributed by atoms with Gasteiger partial charge in [0.05, 0.1) is 13.1 Å². The maximum atomic E-state index is 5.31. The smallest absolute Gasteiger partial charge is 0.146 e. The van der Waals surface area contributed by atoms with Gasteiger partial charge in [0, 0.05) is 26.2 Å². The number of nitrogens with zero attached hydrogens (tertiary/aromatic N) is 4. The monoisotopic (exact) mass is 233 g/mol. The number of piperidine rings is 1. The Kier molecular flexibility index (Phi) is 4.13. The number of aryl methyl sites for hydroxylation is 1. The largest absolute Gasteiger partial charge is 0.320 e. The Hall–Kier alpha value is -1.38. The lowest BCUT2D eigenvalue weighted by Gasteiger charge is -2.31. The summed E-state index contributed by atoms with van der Waals surface area (Å²) in [6.07, 6.45) is 9.34. The number of hydrogen-bond acceptors (Lipinski definition) is 4. The lowest BCUT2D eigenvalue weighted by Crippen LogP contribution is -2.42. The topological polar surface area (TPSA) is 46.0 Å². The van der Waals surface area contributed by atoms with Crippen LogP contribution in [0.25, 0.3) is 0 Å². The van der Waals surface area contributed by atoms with Gasteiger partial charge in [0.25, 0.3) is 0 Å². The third-order valence-corrected chi connectivity index (χ3v) is 3.26. The molecule has 17 heavy (non-hydrogen) atoms. The lowest BCUT2D eigenvalue weighted by molar-refractivity contribution is 0.216. The molecule has 1 aromatic heterocycles. The Morgan fingerprint density at radius 2 is 2.29 bits per heavy atom. The van der Waals surface area contributed by atoms with E-state index in [-0.39, 0.29) is 0 Å². The van der Waals surface area contributed by atoms with Gasteiger partial charge in [-0.05, 0) is 12.8 Å². The Labute approximate surface area is 102 Å². The standard InChI is InChI=1S/C12H19N5/c1-3-6-17-7-4-11(5-8-17)13-9-12-15-14-10-16(12)2/h1,10-11,13H,4-9H2,2H3. The molecule has 92 valence electrons. The molecule has 2 rings (SSSR count). The summed E-state index contributed by atoms with van der Waals surface area (Å²) in [5.41, 5.74) is 0. The zero-order chi connectivity index (χ0) is 12.1. The van der Waals surface area contributed by atoms with Gasteiger partial charge in [-0.3, -0.25) is 4.90 Å². The van der Waals surface area contributed by atoms with Crippen molar-refractivity contribution in [3.63, 3.8) is 0 Å². The molecule has 1 aliphatic rings. The summed E-state index contributed by atoms with van der Waals surface area (Å²) in [6.45, 7) is 3.73. The van der Waals surface area contributed by atoms with Crippen LogP contribution in [0.2, 0.25) is 0 Å². The number of likely N-dealkylation sites (tertiary alicyclic amines) is 1. The number of hydrogen-bond donors (Lipinski definition) is 1. The van der Waals surface area contributed by atoms with Crippen LogP contribution in [-0.4, -0.2) is 45.3 Å². The van der Waals surface area contributed by atoms with Gasteiger partial charge < -0.3 is 9.88 Å². The molecule has 5 nitrogen and oxygen atoms in total. The molecule has 0 radical (unpaired) electrons. The first-order chi connectivity index (χ1) is 8.29. The number of terminal acetylenes is 1. The summed E-state index contributed by atoms with van der Waals surface area (Å²) < 4.78 is 1.94. The lowest BCUT2D eigenvalue weighted by atomic mass is 10.1. The minimum Gasteiger partial charge on any atom is -0.320 e. The highest BCUT2D eigenvalue weighted by atomic mass is 15.3. The van der Waals surface area contributed by atoms with Gasteiger partial charge in [0.15, 0.2) is 0 Å². The van der Waals surface area contributed by atoms with E-state index in [0.717, 1.165) is 44.8 Å². The fourth-order valence-corrected chi connectivity index (χ4v) is 2.13. The molecule has 1 saturated heterocycles. The van der Waals surface area contributed by atoms with Gasteiger partial charge in [-0.2, -0.15) is 0 Å². The molecule has 1 fully saturated rings. The zero-order valence-electron chi connectivity index (χ0n) is 10.3. The maximum absolute atomic E-state index is 5.31. The molecular weight excluding hydrogens is 214 g/mol. The third-order valence-electron chi connectivity index (χ3n) is 3.26. The summed E-state index contributed by atoms with van der Waals surface area (Å²) in [6, 6.07) is 0.570. The summed E-state index contributed by atoms with van der Waals surface area (Å²) in [7, 11) is 1.96. The second-order valence-electron chi connectivity index (χ2n) is 4.49. The molecule has 1 N–H and O–H groups in total. The molecule has 1 aliphatic heterocycles. The molecule has 0 saturated carbocycles. The second-order valence-corrected chi connectivity index (χ2v) is 4.49. The molecule has 0 atom stereocenters. The quantitative estimate of drug-likeness (QED) is 0.744. The van der Waals surface area contributed by atoms with Gasteiger partial charge in [0.1, 0.15) is 12.2 Å². The molecule has 5 heteroatoms. The van der Waals surface area contributed by atoms with Crippen LogP contribution >= 0.6 is 0 Å². The first-order valence-electron chi connectivity index (χ1n) is 6.01. The van der Waals surface area contributed by atoms with Crippen LogP contribution in [0.4, 0.5) is 0 Å². The van der Waals surface area contributed by atoms with Crippen LogP contribution in [0.15, 0.2) is 6.33 Å². The van der Waals surface area contributed by atoms with E-state index in [1.165, 1.54) is 0 Å². The Morgan fingerprint density at radius 1 is 1.53 bits per heavy atom. The molecule has 0 unspecified atom stereocenters. The van der Waals surface area contributed by atoms with Gasteiger partial charge in [-0.1, -0.05) is 5.92 Å². The van der Waals surface area contributed by atoms with Crippen LogP contribution in [-0.2, 0) is 13.6 Å². The van der Waals surface area contributed by atoms with Crippen molar-refractivity contribution in [2.24, 2.45) is 7.05 Å². The molecular formula is C12H19N5. The SMILES string of the molecule is C#CCN1CCC(NCc2nncn2C)CC1. The summed E-state index contributed by atoms with van der Waals surface area (Å²) in [5, 5.41) is 11.4. The van der Waals surface area contributed by atoms with Crippen LogP contribution in [0.5, 0.6) is 0 Å². The van der Waals surface area contributed by atoms with Gasteiger partial charge in [-0.15, -0.1) is 16.6 Å². The predicted octanol–water partition coefficient (Wildman–Crippen LogP) is 0.00230. The van der Waals surface area contributed by atoms with Gasteiger partial charge in [0.2, 0.25) is 0 Å². The highest BCUT2D eigenvalue weighted by Gasteiger charge is 2.18. The fourth-order valence-electron chi connectivity index (χ4n) is 2.13. The maximum Gasteiger partial charge on any atom is 0.146 e. The van der Waals surface area contributed by atoms with E-state index < -0.39 is 0 Å². The fraction of sp³-hybridized carbons (Fsp3) is 0.667. The normalized spacial score (nSPS) is 18.1. The first kappa shape index (κ1) is 12.1. The number of rotatable bonds is 4. The Bertz CT molecular complexity index is 384. The molecule has 1 aromatic rings. The average Bonchev–Trinajstić information content (AvgIpc) is 2.75. The molecule has 0 aliphatic carbocycles. The summed E-state index contributed by atoms with van der Waals surface area (Å²) in [4.78, 5) is 2.32. The van der Waals surface area contributed by atoms with E-state index >= 15 is 0 Å². The van der Waals surface area contributed by atoms with Crippen LogP contribution in [0.1, 0.15) is 18.7 Å². The van der Waals surface area contributed by atoms with Crippen molar-refractivity contribution in [3.05, 3.63) is 12.2 Å².